The first kappa shape index (κ1) is 28.6. The molecule has 216 valence electrons. The minimum absolute atomic E-state index is 0.0206. The first-order valence-electron chi connectivity index (χ1n) is 14.0. The maximum atomic E-state index is 13.5. The number of piperazine rings is 1. The number of ether oxygens (including phenoxy) is 2. The van der Waals surface area contributed by atoms with Gasteiger partial charge in [0.1, 0.15) is 18.0 Å². The van der Waals surface area contributed by atoms with Crippen molar-refractivity contribution in [2.45, 2.75) is 6.42 Å². The molecule has 0 unspecified atom stereocenters. The molecule has 2 heterocycles. The Bertz CT molecular complexity index is 1470. The molecule has 0 radical (unpaired) electrons. The van der Waals surface area contributed by atoms with Crippen LogP contribution in [0.4, 0.5) is 5.82 Å². The van der Waals surface area contributed by atoms with E-state index in [1.807, 2.05) is 71.6 Å². The van der Waals surface area contributed by atoms with E-state index in [1.54, 1.807) is 43.4 Å². The van der Waals surface area contributed by atoms with E-state index in [0.717, 1.165) is 28.4 Å². The average molecular weight is 566 g/mol. The lowest BCUT2D eigenvalue weighted by molar-refractivity contribution is -0.132. The summed E-state index contributed by atoms with van der Waals surface area (Å²) in [6.07, 6.45) is 0.661. The van der Waals surface area contributed by atoms with Crippen LogP contribution in [0, 0.1) is 0 Å². The monoisotopic (exact) mass is 565 g/mol. The fourth-order valence-corrected chi connectivity index (χ4v) is 4.96. The van der Waals surface area contributed by atoms with Gasteiger partial charge in [-0.15, -0.1) is 10.2 Å². The number of rotatable bonds is 10. The molecule has 0 atom stereocenters. The second-order valence-electron chi connectivity index (χ2n) is 10.1. The largest absolute Gasteiger partial charge is 0.497 e. The molecule has 9 heteroatoms. The molecule has 1 aromatic heterocycles. The number of carbonyl (C=O) groups excluding carboxylic acids is 2. The van der Waals surface area contributed by atoms with Gasteiger partial charge in [-0.2, -0.15) is 0 Å². The van der Waals surface area contributed by atoms with E-state index in [1.165, 1.54) is 0 Å². The average Bonchev–Trinajstić information content (AvgIpc) is 3.07. The first-order chi connectivity index (χ1) is 20.5. The van der Waals surface area contributed by atoms with Crippen LogP contribution in [0.3, 0.4) is 0 Å². The summed E-state index contributed by atoms with van der Waals surface area (Å²) >= 11 is 0. The quantitative estimate of drug-likeness (QED) is 0.285. The third-order valence-electron chi connectivity index (χ3n) is 7.44. The molecule has 9 nitrogen and oxygen atoms in total. The van der Waals surface area contributed by atoms with Gasteiger partial charge in [-0.05, 0) is 60.5 Å². The number of carbonyl (C=O) groups is 2. The molecule has 1 aliphatic rings. The summed E-state index contributed by atoms with van der Waals surface area (Å²) in [4.78, 5) is 32.5. The van der Waals surface area contributed by atoms with Crippen molar-refractivity contribution in [3.8, 4) is 22.8 Å². The van der Waals surface area contributed by atoms with Crippen molar-refractivity contribution < 1.29 is 19.1 Å². The van der Waals surface area contributed by atoms with Gasteiger partial charge < -0.3 is 24.2 Å². The summed E-state index contributed by atoms with van der Waals surface area (Å²) in [7, 11) is 3.23. The summed E-state index contributed by atoms with van der Waals surface area (Å²) in [5.74, 6) is 1.98. The second kappa shape index (κ2) is 13.6. The van der Waals surface area contributed by atoms with E-state index in [2.05, 4.69) is 15.1 Å². The molecule has 0 spiro atoms. The van der Waals surface area contributed by atoms with Gasteiger partial charge in [0.15, 0.2) is 5.82 Å². The molecule has 0 aliphatic carbocycles. The minimum Gasteiger partial charge on any atom is -0.497 e. The Balaban J connectivity index is 1.20. The number of amides is 2. The topological polar surface area (TPSA) is 88.1 Å². The number of nitrogens with zero attached hydrogens (tertiary/aromatic N) is 5. The second-order valence-corrected chi connectivity index (χ2v) is 10.1. The predicted molar refractivity (Wildman–Crippen MR) is 162 cm³/mol. The van der Waals surface area contributed by atoms with Crippen molar-refractivity contribution in [1.82, 2.24) is 20.0 Å². The van der Waals surface area contributed by atoms with Gasteiger partial charge >= 0.3 is 0 Å². The van der Waals surface area contributed by atoms with Crippen molar-refractivity contribution in [3.05, 3.63) is 102 Å². The Labute approximate surface area is 246 Å². The highest BCUT2D eigenvalue weighted by atomic mass is 16.5. The Morgan fingerprint density at radius 3 is 2.19 bits per heavy atom. The lowest BCUT2D eigenvalue weighted by atomic mass is 10.1. The summed E-state index contributed by atoms with van der Waals surface area (Å²) < 4.78 is 10.5. The smallest absolute Gasteiger partial charge is 0.254 e. The SMILES string of the molecule is COc1ccc(C(=O)N(CCc2ccccc2)CC(=O)N2CCN(c3ccc(-c4cccc(OC)c4)nn3)CC2)cc1. The Morgan fingerprint density at radius 2 is 1.52 bits per heavy atom. The molecule has 2 amide bonds. The van der Waals surface area contributed by atoms with Crippen LogP contribution >= 0.6 is 0 Å². The van der Waals surface area contributed by atoms with Crippen LogP contribution in [-0.4, -0.2) is 85.3 Å². The molecule has 0 bridgehead atoms. The number of anilines is 1. The van der Waals surface area contributed by atoms with Crippen LogP contribution in [0.2, 0.25) is 0 Å². The van der Waals surface area contributed by atoms with E-state index in [9.17, 15) is 9.59 Å². The van der Waals surface area contributed by atoms with Gasteiger partial charge in [0.05, 0.1) is 19.9 Å². The van der Waals surface area contributed by atoms with Crippen LogP contribution in [-0.2, 0) is 11.2 Å². The van der Waals surface area contributed by atoms with Gasteiger partial charge in [0.25, 0.3) is 5.91 Å². The van der Waals surface area contributed by atoms with E-state index in [4.69, 9.17) is 9.47 Å². The Kier molecular flexibility index (Phi) is 9.28. The van der Waals surface area contributed by atoms with E-state index < -0.39 is 0 Å². The van der Waals surface area contributed by atoms with Gasteiger partial charge in [-0.3, -0.25) is 9.59 Å². The van der Waals surface area contributed by atoms with E-state index in [0.29, 0.717) is 50.5 Å². The van der Waals surface area contributed by atoms with Crippen molar-refractivity contribution in [2.75, 3.05) is 58.4 Å². The highest BCUT2D eigenvalue weighted by molar-refractivity contribution is 5.96. The summed E-state index contributed by atoms with van der Waals surface area (Å²) in [6.45, 7) is 2.82. The van der Waals surface area contributed by atoms with E-state index >= 15 is 0 Å². The van der Waals surface area contributed by atoms with Crippen LogP contribution in [0.25, 0.3) is 11.3 Å². The highest BCUT2D eigenvalue weighted by Crippen LogP contribution is 2.23. The minimum atomic E-state index is -0.174. The van der Waals surface area contributed by atoms with Crippen LogP contribution < -0.4 is 14.4 Å². The molecule has 0 saturated carbocycles. The maximum absolute atomic E-state index is 13.5. The zero-order valence-electron chi connectivity index (χ0n) is 24.0. The Hall–Kier alpha value is -4.92. The molecular weight excluding hydrogens is 530 g/mol. The Morgan fingerprint density at radius 1 is 0.786 bits per heavy atom. The predicted octanol–water partition coefficient (Wildman–Crippen LogP) is 4.19. The first-order valence-corrected chi connectivity index (χ1v) is 14.0. The highest BCUT2D eigenvalue weighted by Gasteiger charge is 2.26. The summed E-state index contributed by atoms with van der Waals surface area (Å²) in [5, 5.41) is 8.86. The van der Waals surface area contributed by atoms with Crippen LogP contribution in [0.1, 0.15) is 15.9 Å². The zero-order valence-corrected chi connectivity index (χ0v) is 24.0. The van der Waals surface area contributed by atoms with Crippen molar-refractivity contribution in [3.63, 3.8) is 0 Å². The van der Waals surface area contributed by atoms with Crippen LogP contribution in [0.15, 0.2) is 91.0 Å². The standard InChI is InChI=1S/C33H35N5O4/c1-41-28-13-11-26(12-14-28)33(40)38(18-17-25-7-4-3-5-8-25)24-32(39)37-21-19-36(20-22-37)31-16-15-30(34-35-31)27-9-6-10-29(23-27)42-2/h3-16,23H,17-22,24H2,1-2H3. The normalized spacial score (nSPS) is 13.0. The fraction of sp³-hybridized carbons (Fsp3) is 0.273. The summed E-state index contributed by atoms with van der Waals surface area (Å²) in [5.41, 5.74) is 3.34. The van der Waals surface area contributed by atoms with Gasteiger partial charge in [0.2, 0.25) is 5.91 Å². The lowest BCUT2D eigenvalue weighted by Gasteiger charge is -2.36. The van der Waals surface area contributed by atoms with Crippen LogP contribution in [0.5, 0.6) is 11.5 Å². The zero-order chi connectivity index (χ0) is 29.3. The van der Waals surface area contributed by atoms with E-state index in [-0.39, 0.29) is 18.4 Å². The van der Waals surface area contributed by atoms with Crippen molar-refractivity contribution in [2.24, 2.45) is 0 Å². The summed E-state index contributed by atoms with van der Waals surface area (Å²) in [6, 6.07) is 28.6. The molecule has 5 rings (SSSR count). The number of benzene rings is 3. The molecule has 0 N–H and O–H groups in total. The van der Waals surface area contributed by atoms with Crippen molar-refractivity contribution >= 4 is 17.6 Å². The third-order valence-corrected chi connectivity index (χ3v) is 7.44. The van der Waals surface area contributed by atoms with Gasteiger partial charge in [0, 0.05) is 43.9 Å². The van der Waals surface area contributed by atoms with Gasteiger partial charge in [-0.1, -0.05) is 42.5 Å². The third kappa shape index (κ3) is 7.04. The number of aromatic nitrogens is 2. The number of hydrogen-bond acceptors (Lipinski definition) is 7. The molecule has 4 aromatic rings. The molecule has 42 heavy (non-hydrogen) atoms. The molecule has 3 aromatic carbocycles. The lowest BCUT2D eigenvalue weighted by Crippen LogP contribution is -2.52. The van der Waals surface area contributed by atoms with Crippen molar-refractivity contribution in [1.29, 1.82) is 0 Å². The number of methoxy groups -OCH3 is 2. The molecule has 1 fully saturated rings. The molecular formula is C33H35N5O4. The fourth-order valence-electron chi connectivity index (χ4n) is 4.96. The number of hydrogen-bond donors (Lipinski definition) is 0. The van der Waals surface area contributed by atoms with Gasteiger partial charge in [-0.25, -0.2) is 0 Å². The molecule has 1 saturated heterocycles. The maximum Gasteiger partial charge on any atom is 0.254 e. The molecule has 1 aliphatic heterocycles.